The Morgan fingerprint density at radius 1 is 0.984 bits per heavy atom. The number of amides is 6. The number of hydrogen-bond acceptors (Lipinski definition) is 11. The molecule has 18 nitrogen and oxygen atoms in total. The first-order valence-corrected chi connectivity index (χ1v) is 20.5. The van der Waals surface area contributed by atoms with Crippen LogP contribution in [-0.2, 0) is 20.9 Å². The summed E-state index contributed by atoms with van der Waals surface area (Å²) in [6.45, 7) is 6.34. The Bertz CT molecular complexity index is 2530. The molecule has 3 heterocycles. The number of primary amides is 1. The van der Waals surface area contributed by atoms with Gasteiger partial charge in [0.15, 0.2) is 11.5 Å². The van der Waals surface area contributed by atoms with Crippen LogP contribution in [0.4, 0.5) is 25.8 Å². The molecule has 5 N–H and O–H groups in total. The molecule has 2 aromatic heterocycles. The van der Waals surface area contributed by atoms with Crippen LogP contribution in [0.15, 0.2) is 59.0 Å². The zero-order valence-corrected chi connectivity index (χ0v) is 36.4. The lowest BCUT2D eigenvalue weighted by Crippen LogP contribution is -2.38. The van der Waals surface area contributed by atoms with Crippen LogP contribution in [0.3, 0.4) is 0 Å². The van der Waals surface area contributed by atoms with E-state index in [4.69, 9.17) is 29.1 Å². The third-order valence-electron chi connectivity index (χ3n) is 11.1. The summed E-state index contributed by atoms with van der Waals surface area (Å²) in [5.74, 6) is -0.803. The number of anilines is 2. The van der Waals surface area contributed by atoms with Gasteiger partial charge in [0.05, 0.1) is 31.0 Å². The van der Waals surface area contributed by atoms with Crippen molar-refractivity contribution in [3.8, 4) is 11.5 Å². The van der Waals surface area contributed by atoms with Gasteiger partial charge in [-0.05, 0) is 73.7 Å². The fourth-order valence-electron chi connectivity index (χ4n) is 7.49. The van der Waals surface area contributed by atoms with E-state index in [1.807, 2.05) is 6.92 Å². The smallest absolute Gasteiger partial charge is 0.415 e. The summed E-state index contributed by atoms with van der Waals surface area (Å²) < 4.78 is 28.0. The van der Waals surface area contributed by atoms with E-state index >= 15 is 0 Å². The molecule has 1 unspecified atom stereocenters. The van der Waals surface area contributed by atoms with Crippen molar-refractivity contribution in [3.63, 3.8) is 0 Å². The molecule has 0 spiro atoms. The fraction of sp³-hybridized carbons (Fsp3) is 0.378. The summed E-state index contributed by atoms with van der Waals surface area (Å²) in [6, 6.07) is 14.8. The largest absolute Gasteiger partial charge is 0.497 e. The Kier molecular flexibility index (Phi) is 14.1. The normalized spacial score (nSPS) is 13.6. The predicted octanol–water partition coefficient (Wildman–Crippen LogP) is 6.89. The molecule has 2 atom stereocenters. The quantitative estimate of drug-likeness (QED) is 0.0589. The van der Waals surface area contributed by atoms with Crippen LogP contribution in [0.5, 0.6) is 11.5 Å². The van der Waals surface area contributed by atoms with Crippen molar-refractivity contribution in [2.45, 2.75) is 52.6 Å². The van der Waals surface area contributed by atoms with E-state index in [2.05, 4.69) is 15.6 Å². The monoisotopic (exact) mass is 867 g/mol. The molecule has 0 saturated heterocycles. The first-order valence-electron chi connectivity index (χ1n) is 20.5. The molecule has 63 heavy (non-hydrogen) atoms. The minimum absolute atomic E-state index is 0.0283. The van der Waals surface area contributed by atoms with Gasteiger partial charge in [0.1, 0.15) is 17.9 Å². The number of hydrogen-bond donors (Lipinski definition) is 4. The highest BCUT2D eigenvalue weighted by atomic mass is 16.6. The zero-order valence-electron chi connectivity index (χ0n) is 36.4. The van der Waals surface area contributed by atoms with Gasteiger partial charge in [-0.2, -0.15) is 0 Å². The first-order chi connectivity index (χ1) is 30.1. The number of aromatic amines is 1. The van der Waals surface area contributed by atoms with Gasteiger partial charge in [0.25, 0.3) is 5.91 Å². The van der Waals surface area contributed by atoms with Crippen molar-refractivity contribution in [2.24, 2.45) is 11.7 Å². The van der Waals surface area contributed by atoms with E-state index in [1.165, 1.54) is 24.0 Å². The Balaban J connectivity index is 1.11. The Hall–Kier alpha value is -7.24. The standard InChI is InChI=1S/C45H53N7O11/c1-8-28-23-52(41(54)35-21-29-20-31(59-6)15-16-33(29)62-35)32-22-34(39-38(37(28)32)36(26(3)48-39)42(55)60-7)63-45(58)51(5)19-18-50(4)44(57)61-24-27-11-13-30(14-12-27)49-40(53)25(2)10-9-17-47-43(46)56/h11-16,20-22,25,28,48H,8-10,17-19,23-24H2,1-7H3,(H,49,53)(H3,46,47,56)/t25?,28-/m1/s1. The SMILES string of the molecule is CC[C@@H]1CN(C(=O)c2cc3cc(OC)ccc3o2)c2cc(OC(=O)N(C)CCN(C)C(=O)OCc3ccc(NC(=O)C(C)CCCNC(N)=O)cc3)c3[nH]c(C)c(C(=O)OC)c3c21. The van der Waals surface area contributed by atoms with Gasteiger partial charge >= 0.3 is 24.2 Å². The average molecular weight is 868 g/mol. The lowest BCUT2D eigenvalue weighted by Gasteiger charge is -2.22. The molecular formula is C45H53N7O11. The van der Waals surface area contributed by atoms with Gasteiger partial charge < -0.3 is 59.4 Å². The average Bonchev–Trinajstić information content (AvgIpc) is 3.98. The summed E-state index contributed by atoms with van der Waals surface area (Å²) in [5.41, 5.74) is 9.24. The molecular weight excluding hydrogens is 815 g/mol. The van der Waals surface area contributed by atoms with Gasteiger partial charge in [0, 0.05) is 80.3 Å². The second-order valence-corrected chi connectivity index (χ2v) is 15.5. The van der Waals surface area contributed by atoms with Crippen LogP contribution in [0.2, 0.25) is 0 Å². The third kappa shape index (κ3) is 10.1. The number of H-pyrrole nitrogens is 1. The molecule has 334 valence electrons. The molecule has 0 radical (unpaired) electrons. The molecule has 0 fully saturated rings. The molecule has 6 amide bonds. The molecule has 6 rings (SSSR count). The molecule has 1 aliphatic rings. The Morgan fingerprint density at radius 2 is 1.70 bits per heavy atom. The van der Waals surface area contributed by atoms with E-state index in [0.29, 0.717) is 76.1 Å². The minimum atomic E-state index is -0.749. The maximum absolute atomic E-state index is 14.2. The van der Waals surface area contributed by atoms with Gasteiger partial charge in [-0.1, -0.05) is 26.0 Å². The van der Waals surface area contributed by atoms with Crippen LogP contribution in [-0.4, -0.2) is 105 Å². The molecule has 0 bridgehead atoms. The molecule has 0 saturated carbocycles. The van der Waals surface area contributed by atoms with Crippen molar-refractivity contribution in [2.75, 3.05) is 64.7 Å². The third-order valence-corrected chi connectivity index (χ3v) is 11.1. The van der Waals surface area contributed by atoms with E-state index in [-0.39, 0.29) is 61.1 Å². The number of rotatable bonds is 16. The lowest BCUT2D eigenvalue weighted by atomic mass is 9.93. The van der Waals surface area contributed by atoms with Gasteiger partial charge in [0.2, 0.25) is 5.91 Å². The Labute approximate surface area is 363 Å². The van der Waals surface area contributed by atoms with Crippen LogP contribution >= 0.6 is 0 Å². The van der Waals surface area contributed by atoms with Crippen LogP contribution < -0.4 is 30.7 Å². The van der Waals surface area contributed by atoms with E-state index in [1.54, 1.807) is 87.5 Å². The maximum Gasteiger partial charge on any atom is 0.415 e. The zero-order chi connectivity index (χ0) is 45.5. The number of carbonyl (C=O) groups excluding carboxylic acids is 6. The number of ether oxygens (including phenoxy) is 4. The summed E-state index contributed by atoms with van der Waals surface area (Å²) >= 11 is 0. The molecule has 0 aliphatic carbocycles. The highest BCUT2D eigenvalue weighted by Gasteiger charge is 2.39. The van der Waals surface area contributed by atoms with E-state index in [9.17, 15) is 28.8 Å². The van der Waals surface area contributed by atoms with Crippen LogP contribution in [0.1, 0.15) is 76.8 Å². The fourth-order valence-corrected chi connectivity index (χ4v) is 7.49. The second kappa shape index (κ2) is 19.6. The summed E-state index contributed by atoms with van der Waals surface area (Å²) in [4.78, 5) is 84.9. The van der Waals surface area contributed by atoms with Crippen molar-refractivity contribution >= 4 is 69.2 Å². The number of carbonyl (C=O) groups is 6. The van der Waals surface area contributed by atoms with E-state index < -0.39 is 30.1 Å². The molecule has 1 aliphatic heterocycles. The van der Waals surface area contributed by atoms with Crippen molar-refractivity contribution < 1.29 is 52.1 Å². The number of nitrogens with one attached hydrogen (secondary N) is 3. The van der Waals surface area contributed by atoms with E-state index in [0.717, 1.165) is 5.56 Å². The number of nitrogens with zero attached hydrogens (tertiary/aromatic N) is 3. The van der Waals surface area contributed by atoms with Crippen LogP contribution in [0, 0.1) is 12.8 Å². The number of furan rings is 1. The number of methoxy groups -OCH3 is 2. The highest BCUT2D eigenvalue weighted by Crippen LogP contribution is 2.48. The number of aryl methyl sites for hydroxylation is 1. The van der Waals surface area contributed by atoms with Gasteiger partial charge in [-0.25, -0.2) is 19.2 Å². The second-order valence-electron chi connectivity index (χ2n) is 15.5. The highest BCUT2D eigenvalue weighted by molar-refractivity contribution is 6.14. The van der Waals surface area contributed by atoms with Crippen molar-refractivity contribution in [1.82, 2.24) is 20.1 Å². The molecule has 18 heteroatoms. The summed E-state index contributed by atoms with van der Waals surface area (Å²) in [5, 5.41) is 6.54. The van der Waals surface area contributed by atoms with Crippen molar-refractivity contribution in [1.29, 1.82) is 0 Å². The van der Waals surface area contributed by atoms with Crippen molar-refractivity contribution in [3.05, 3.63) is 82.7 Å². The number of aromatic nitrogens is 1. The molecule has 3 aromatic carbocycles. The molecule has 5 aromatic rings. The Morgan fingerprint density at radius 3 is 2.37 bits per heavy atom. The lowest BCUT2D eigenvalue weighted by molar-refractivity contribution is -0.119. The number of esters is 1. The first kappa shape index (κ1) is 45.3. The van der Waals surface area contributed by atoms with Crippen LogP contribution in [0.25, 0.3) is 21.9 Å². The number of fused-ring (bicyclic) bond motifs is 4. The number of urea groups is 1. The number of nitrogens with two attached hydrogens (primary N) is 1. The van der Waals surface area contributed by atoms with Gasteiger partial charge in [-0.3, -0.25) is 9.59 Å². The number of likely N-dealkylation sites (N-methyl/N-ethyl adjacent to an activating group) is 2. The van der Waals surface area contributed by atoms with Gasteiger partial charge in [-0.15, -0.1) is 0 Å². The maximum atomic E-state index is 14.2. The number of benzene rings is 3. The summed E-state index contributed by atoms with van der Waals surface area (Å²) in [6.07, 6.45) is 0.445. The topological polar surface area (TPSA) is 228 Å². The minimum Gasteiger partial charge on any atom is -0.497 e. The summed E-state index contributed by atoms with van der Waals surface area (Å²) in [7, 11) is 5.91. The predicted molar refractivity (Wildman–Crippen MR) is 234 cm³/mol.